The number of sulfone groups is 2. The van der Waals surface area contributed by atoms with Crippen LogP contribution in [0.5, 0.6) is 0 Å². The van der Waals surface area contributed by atoms with Crippen molar-refractivity contribution in [2.24, 2.45) is 15.0 Å². The van der Waals surface area contributed by atoms with Crippen molar-refractivity contribution < 1.29 is 90.0 Å². The maximum atomic E-state index is 14.0. The van der Waals surface area contributed by atoms with Gasteiger partial charge in [-0.15, -0.1) is 34.0 Å². The van der Waals surface area contributed by atoms with Crippen molar-refractivity contribution in [1.82, 2.24) is 77.9 Å². The Balaban J connectivity index is 0.000000157. The molecule has 6 aliphatic rings. The fourth-order valence-corrected chi connectivity index (χ4v) is 24.0. The van der Waals surface area contributed by atoms with Crippen LogP contribution in [0.3, 0.4) is 0 Å². The Hall–Kier alpha value is -8.41. The number of sulfonamides is 4. The molecule has 3 aromatic carbocycles. The highest BCUT2D eigenvalue weighted by Gasteiger charge is 2.46. The molecule has 4 N–H and O–H groups in total. The molecule has 0 saturated carbocycles. The lowest BCUT2D eigenvalue weighted by molar-refractivity contribution is 0.0560. The molecule has 3 fully saturated rings. The Morgan fingerprint density at radius 3 is 1.03 bits per heavy atom. The third-order valence-corrected chi connectivity index (χ3v) is 30.4. The summed E-state index contributed by atoms with van der Waals surface area (Å²) >= 11 is 23.2. The minimum absolute atomic E-state index is 0.0467. The van der Waals surface area contributed by atoms with Gasteiger partial charge in [0.2, 0.25) is 40.1 Å². The molecule has 0 spiro atoms. The van der Waals surface area contributed by atoms with Crippen LogP contribution in [0, 0.1) is 17.5 Å². The van der Waals surface area contributed by atoms with E-state index in [1.54, 1.807) is 49.4 Å². The van der Waals surface area contributed by atoms with Gasteiger partial charge in [-0.25, -0.2) is 112 Å². The van der Waals surface area contributed by atoms with E-state index in [0.29, 0.717) is 97.1 Å². The normalized spacial score (nSPS) is 19.8. The van der Waals surface area contributed by atoms with Crippen LogP contribution in [-0.2, 0) is 59.8 Å². The van der Waals surface area contributed by atoms with Gasteiger partial charge in [0.15, 0.2) is 47.5 Å². The van der Waals surface area contributed by atoms with Gasteiger partial charge in [-0.3, -0.25) is 15.0 Å². The molecule has 121 heavy (non-hydrogen) atoms. The number of amidine groups is 3. The molecular weight excluding hydrogens is 1850 g/mol. The van der Waals surface area contributed by atoms with E-state index >= 15 is 0 Å². The van der Waals surface area contributed by atoms with Gasteiger partial charge in [-0.05, 0) is 61.0 Å². The number of halogens is 12. The average molecular weight is 1920 g/mol. The number of benzene rings is 3. The number of alkyl halides is 6. The molecule has 15 rings (SSSR count). The summed E-state index contributed by atoms with van der Waals surface area (Å²) in [4.78, 5) is 32.9. The molecule has 12 heterocycles. The van der Waals surface area contributed by atoms with Crippen molar-refractivity contribution in [2.75, 3.05) is 67.3 Å². The maximum absolute atomic E-state index is 14.0. The highest BCUT2D eigenvalue weighted by molar-refractivity contribution is 8.06. The topological polar surface area (TPSA) is 392 Å². The zero-order valence-corrected chi connectivity index (χ0v) is 72.2. The Morgan fingerprint density at radius 1 is 0.438 bits per heavy atom. The summed E-state index contributed by atoms with van der Waals surface area (Å²) in [6, 6.07) is 10.7. The minimum atomic E-state index is -4.23. The van der Waals surface area contributed by atoms with Gasteiger partial charge in [0, 0.05) is 195 Å². The number of nitrogens with zero attached hydrogens (tertiary/aromatic N) is 15. The predicted octanol–water partition coefficient (Wildman–Crippen LogP) is 10.3. The first kappa shape index (κ1) is 90.3. The molecule has 6 aliphatic heterocycles. The lowest BCUT2D eigenvalue weighted by atomic mass is 9.92. The summed E-state index contributed by atoms with van der Waals surface area (Å²) in [5.41, 5.74) is 4.47. The van der Waals surface area contributed by atoms with Gasteiger partial charge >= 0.3 is 19.6 Å². The number of fused-ring (bicyclic) bond motifs is 3. The van der Waals surface area contributed by atoms with Crippen molar-refractivity contribution >= 4 is 163 Å². The molecule has 0 amide bonds. The first-order chi connectivity index (χ1) is 56.9. The quantitative estimate of drug-likeness (QED) is 0.0331. The number of hydrogen-bond acceptors (Lipinski definition) is 27. The standard InChI is InChI=1S/C24H24ClF3N6O4S3.C23H23ClF3N7O4S3.C22H20ClF3N6O4S3/c1-40(35,36)9-2-10-41(37,38)32-15-12-19-20(18-5-7-34(31-18)24(27)28)21(16-4-3-14(26)11-17(16)25)30-22(33(19)13-15)23-29-6-8-39-23;1-40(35,36)29-6-9-41(37,38)32-14-11-18-19(17-4-7-34(31-17)23(26)27)20(15-3-2-13(25)10-16(15)24)30-21(33(18)12-14)22-28-5-8-39-22;1-38(33,34)11-39(35,36)30-13-9-17-18(16-4-6-32(29-16)22(25)26)19(14-3-2-12(24)8-15(14)23)28-20(31(17)10-13)21-27-5-7-37-21/h3-8,11,15,21,24,32H,2,9-10,12-13H2,1H3;2-5,7-8,10,14,20,23,29,32H,6,9,11-12H2,1H3;2-8,13,19,22,30H,9-11H2,1H3/t15-,21-;14-,20-;13-,19-/m000/s1. The third kappa shape index (κ3) is 21.9. The Kier molecular flexibility index (Phi) is 27.2. The van der Waals surface area contributed by atoms with Crippen LogP contribution in [0.25, 0.3) is 16.7 Å². The van der Waals surface area contributed by atoms with Crippen LogP contribution in [0.4, 0.5) is 39.5 Å². The summed E-state index contributed by atoms with van der Waals surface area (Å²) in [5.74, 6) is -1.69. The van der Waals surface area contributed by atoms with Crippen LogP contribution >= 0.6 is 68.8 Å². The Morgan fingerprint density at radius 2 is 0.760 bits per heavy atom. The molecular formula is C69H67Cl3F9N19O12S9. The highest BCUT2D eigenvalue weighted by atomic mass is 35.5. The van der Waals surface area contributed by atoms with E-state index in [0.717, 1.165) is 55.6 Å². The third-order valence-electron chi connectivity index (χ3n) is 18.7. The van der Waals surface area contributed by atoms with E-state index in [9.17, 15) is 90.0 Å². The van der Waals surface area contributed by atoms with E-state index in [-0.39, 0.29) is 95.5 Å². The molecule has 0 unspecified atom stereocenters. The Bertz CT molecular complexity index is 6090. The second-order valence-electron chi connectivity index (χ2n) is 27.9. The van der Waals surface area contributed by atoms with Crippen molar-refractivity contribution in [3.05, 3.63) is 225 Å². The van der Waals surface area contributed by atoms with Gasteiger partial charge in [0.25, 0.3) is 0 Å². The second kappa shape index (κ2) is 36.4. The highest BCUT2D eigenvalue weighted by Crippen LogP contribution is 2.51. The lowest BCUT2D eigenvalue weighted by Gasteiger charge is -2.32. The number of nitrogens with one attached hydrogen (secondary N) is 4. The number of rotatable bonds is 28. The van der Waals surface area contributed by atoms with Crippen molar-refractivity contribution in [1.29, 1.82) is 0 Å². The van der Waals surface area contributed by atoms with Crippen molar-refractivity contribution in [3.8, 4) is 0 Å². The van der Waals surface area contributed by atoms with Crippen LogP contribution < -0.4 is 18.9 Å². The van der Waals surface area contributed by atoms with Crippen LogP contribution in [0.1, 0.15) is 112 Å². The summed E-state index contributed by atoms with van der Waals surface area (Å²) in [5, 5.41) is 18.0. The molecule has 648 valence electrons. The molecule has 3 saturated heterocycles. The number of aromatic nitrogens is 9. The van der Waals surface area contributed by atoms with Crippen LogP contribution in [0.2, 0.25) is 15.1 Å². The van der Waals surface area contributed by atoms with Crippen molar-refractivity contribution in [3.63, 3.8) is 0 Å². The molecule has 0 bridgehead atoms. The van der Waals surface area contributed by atoms with Crippen LogP contribution in [-0.4, -0.2) is 212 Å². The zero-order chi connectivity index (χ0) is 87.2. The molecule has 9 aromatic rings. The molecule has 31 nitrogen and oxygen atoms in total. The molecule has 0 aliphatic carbocycles. The van der Waals surface area contributed by atoms with E-state index in [1.165, 1.54) is 88.6 Å². The zero-order valence-electron chi connectivity index (χ0n) is 62.6. The monoisotopic (exact) mass is 1920 g/mol. The van der Waals surface area contributed by atoms with Gasteiger partial charge in [-0.2, -0.15) is 41.6 Å². The lowest BCUT2D eigenvalue weighted by Crippen LogP contribution is -2.42. The van der Waals surface area contributed by atoms with E-state index in [4.69, 9.17) is 49.8 Å². The smallest absolute Gasteiger partial charge is 0.326 e. The maximum Gasteiger partial charge on any atom is 0.333 e. The molecule has 6 aromatic heterocycles. The number of aliphatic imine (C=N–C) groups is 3. The van der Waals surface area contributed by atoms with Gasteiger partial charge in [0.05, 0.1) is 40.6 Å². The first-order valence-electron chi connectivity index (χ1n) is 35.5. The number of hydrogen-bond donors (Lipinski definition) is 4. The summed E-state index contributed by atoms with van der Waals surface area (Å²) in [6.07, 6.45) is 11.1. The van der Waals surface area contributed by atoms with E-state index in [1.807, 2.05) is 0 Å². The second-order valence-corrected chi connectivity index (χ2v) is 43.9. The summed E-state index contributed by atoms with van der Waals surface area (Å²) < 4.78 is 279. The van der Waals surface area contributed by atoms with E-state index in [2.05, 4.69) is 49.1 Å². The van der Waals surface area contributed by atoms with Gasteiger partial charge < -0.3 is 14.7 Å². The van der Waals surface area contributed by atoms with Gasteiger partial charge in [0.1, 0.15) is 45.4 Å². The predicted molar refractivity (Wildman–Crippen MR) is 438 cm³/mol. The molecule has 6 atom stereocenters. The molecule has 0 radical (unpaired) electrons. The molecule has 52 heteroatoms. The summed E-state index contributed by atoms with van der Waals surface area (Å²) in [7, 11) is -22.8. The summed E-state index contributed by atoms with van der Waals surface area (Å²) in [6.45, 7) is -8.71. The Labute approximate surface area is 713 Å². The van der Waals surface area contributed by atoms with E-state index < -0.39 is 144 Å². The number of thiazole rings is 3. The fourth-order valence-electron chi connectivity index (χ4n) is 14.2. The van der Waals surface area contributed by atoms with Crippen molar-refractivity contribution in [2.45, 2.75) is 81.6 Å². The van der Waals surface area contributed by atoms with Gasteiger partial charge in [-0.1, -0.05) is 53.0 Å². The largest absolute Gasteiger partial charge is 0.333 e. The fraction of sp³-hybridized carbons (Fsp3) is 0.348. The average Bonchev–Trinajstić information content (AvgIpc) is 1.62. The SMILES string of the molecule is CS(=O)(=O)CCCS(=O)(=O)N[C@H]1CC2=C(c3ccn(C(F)F)n3)[C@H](c3ccc(F)cc3Cl)N=C(c3nccs3)N2C1.CS(=O)(=O)CS(=O)(=O)N[C@H]1CC2=C(c3ccn(C(F)F)n3)[C@H](c3ccc(F)cc3Cl)N=C(c3nccs3)N2C1.CS(=O)(=O)NCCS(=O)(=O)N[C@H]1CC2=C(c3ccn(C(F)F)n3)[C@H](c3ccc(F)cc3Cl)N=C(c3nccs3)N2C1. The van der Waals surface area contributed by atoms with Crippen LogP contribution in [0.15, 0.2) is 158 Å². The first-order valence-corrected chi connectivity index (χ1v) is 50.3. The minimum Gasteiger partial charge on any atom is -0.326 e.